The number of benzene rings is 1. The first-order valence-corrected chi connectivity index (χ1v) is 6.45. The smallest absolute Gasteiger partial charge is 0.115 e. The minimum atomic E-state index is 0.292. The topological polar surface area (TPSA) is 33.1 Å². The van der Waals surface area contributed by atoms with Crippen molar-refractivity contribution in [2.75, 3.05) is 0 Å². The van der Waals surface area contributed by atoms with Crippen molar-refractivity contribution in [3.63, 3.8) is 0 Å². The molecule has 0 atom stereocenters. The maximum Gasteiger partial charge on any atom is 0.115 e. The van der Waals surface area contributed by atoms with Crippen molar-refractivity contribution in [2.24, 2.45) is 0 Å². The summed E-state index contributed by atoms with van der Waals surface area (Å²) in [7, 11) is 0. The highest BCUT2D eigenvalue weighted by atomic mass is 32.1. The third-order valence-corrected chi connectivity index (χ3v) is 3.83. The zero-order chi connectivity index (χ0) is 12.4. The second-order valence-corrected chi connectivity index (χ2v) is 5.01. The largest absolute Gasteiger partial charge is 0.508 e. The molecule has 0 radical (unpaired) electrons. The van der Waals surface area contributed by atoms with E-state index in [4.69, 9.17) is 0 Å². The molecular formula is C15H11NOS. The molecule has 1 aromatic carbocycles. The SMILES string of the molecule is Oc1ccc(-c2ccc(-c3ccccn3)s2)cc1. The predicted octanol–water partition coefficient (Wildman–Crippen LogP) is 4.18. The van der Waals surface area contributed by atoms with E-state index in [9.17, 15) is 5.11 Å². The van der Waals surface area contributed by atoms with Crippen molar-refractivity contribution in [1.82, 2.24) is 4.98 Å². The normalized spacial score (nSPS) is 10.4. The van der Waals surface area contributed by atoms with Gasteiger partial charge in [-0.3, -0.25) is 4.98 Å². The second kappa shape index (κ2) is 4.63. The number of aromatic hydroxyl groups is 1. The van der Waals surface area contributed by atoms with E-state index in [1.165, 1.54) is 4.88 Å². The van der Waals surface area contributed by atoms with E-state index in [0.717, 1.165) is 16.1 Å². The fourth-order valence-electron chi connectivity index (χ4n) is 1.76. The van der Waals surface area contributed by atoms with Crippen LogP contribution < -0.4 is 0 Å². The van der Waals surface area contributed by atoms with Crippen LogP contribution in [0.3, 0.4) is 0 Å². The summed E-state index contributed by atoms with van der Waals surface area (Å²) in [5, 5.41) is 9.28. The minimum Gasteiger partial charge on any atom is -0.508 e. The average molecular weight is 253 g/mol. The molecule has 3 aromatic rings. The molecule has 1 N–H and O–H groups in total. The average Bonchev–Trinajstić information content (AvgIpc) is 2.90. The first-order chi connectivity index (χ1) is 8.83. The van der Waals surface area contributed by atoms with Gasteiger partial charge in [0.15, 0.2) is 0 Å². The van der Waals surface area contributed by atoms with Crippen LogP contribution in [0.1, 0.15) is 0 Å². The van der Waals surface area contributed by atoms with Crippen molar-refractivity contribution >= 4 is 11.3 Å². The van der Waals surface area contributed by atoms with Crippen LogP contribution in [0.15, 0.2) is 60.8 Å². The molecular weight excluding hydrogens is 242 g/mol. The van der Waals surface area contributed by atoms with Gasteiger partial charge >= 0.3 is 0 Å². The summed E-state index contributed by atoms with van der Waals surface area (Å²) in [5.41, 5.74) is 2.10. The number of phenolic OH excluding ortho intramolecular Hbond substituents is 1. The lowest BCUT2D eigenvalue weighted by molar-refractivity contribution is 0.475. The number of aromatic nitrogens is 1. The van der Waals surface area contributed by atoms with E-state index < -0.39 is 0 Å². The number of thiophene rings is 1. The molecule has 0 amide bonds. The van der Waals surface area contributed by atoms with E-state index in [1.54, 1.807) is 29.7 Å². The molecule has 3 heteroatoms. The van der Waals surface area contributed by atoms with Gasteiger partial charge in [0.2, 0.25) is 0 Å². The molecule has 0 saturated heterocycles. The molecule has 0 aliphatic heterocycles. The quantitative estimate of drug-likeness (QED) is 0.743. The first kappa shape index (κ1) is 11.0. The summed E-state index contributed by atoms with van der Waals surface area (Å²) in [5.74, 6) is 0.292. The Hall–Kier alpha value is -2.13. The molecule has 2 aromatic heterocycles. The summed E-state index contributed by atoms with van der Waals surface area (Å²) in [4.78, 5) is 6.67. The highest BCUT2D eigenvalue weighted by molar-refractivity contribution is 7.18. The number of hydrogen-bond donors (Lipinski definition) is 1. The van der Waals surface area contributed by atoms with Crippen LogP contribution in [0.5, 0.6) is 5.75 Å². The standard InChI is InChI=1S/C15H11NOS/c17-12-6-4-11(5-7-12)14-8-9-15(18-14)13-3-1-2-10-16-13/h1-10,17H. The van der Waals surface area contributed by atoms with E-state index in [2.05, 4.69) is 17.1 Å². The Morgan fingerprint density at radius 3 is 2.33 bits per heavy atom. The van der Waals surface area contributed by atoms with E-state index >= 15 is 0 Å². The number of pyridine rings is 1. The van der Waals surface area contributed by atoms with Gasteiger partial charge in [0.25, 0.3) is 0 Å². The lowest BCUT2D eigenvalue weighted by Crippen LogP contribution is -1.75. The molecule has 2 heterocycles. The molecule has 0 bridgehead atoms. The van der Waals surface area contributed by atoms with Crippen LogP contribution in [-0.2, 0) is 0 Å². The predicted molar refractivity (Wildman–Crippen MR) is 74.7 cm³/mol. The van der Waals surface area contributed by atoms with Gasteiger partial charge in [0.1, 0.15) is 5.75 Å². The lowest BCUT2D eigenvalue weighted by Gasteiger charge is -1.97. The van der Waals surface area contributed by atoms with E-state index in [1.807, 2.05) is 30.3 Å². The van der Waals surface area contributed by atoms with Gasteiger partial charge in [0, 0.05) is 11.1 Å². The second-order valence-electron chi connectivity index (χ2n) is 3.93. The number of nitrogens with zero attached hydrogens (tertiary/aromatic N) is 1. The van der Waals surface area contributed by atoms with Crippen LogP contribution >= 0.6 is 11.3 Å². The van der Waals surface area contributed by atoms with Gasteiger partial charge in [0.05, 0.1) is 10.6 Å². The number of hydrogen-bond acceptors (Lipinski definition) is 3. The highest BCUT2D eigenvalue weighted by Crippen LogP contribution is 2.33. The van der Waals surface area contributed by atoms with Crippen LogP contribution in [0.25, 0.3) is 21.0 Å². The molecule has 0 saturated carbocycles. The van der Waals surface area contributed by atoms with Crippen molar-refractivity contribution in [1.29, 1.82) is 0 Å². The molecule has 0 spiro atoms. The number of phenols is 1. The Morgan fingerprint density at radius 1 is 0.833 bits per heavy atom. The Kier molecular flexibility index (Phi) is 2.82. The lowest BCUT2D eigenvalue weighted by atomic mass is 10.2. The third kappa shape index (κ3) is 2.13. The Balaban J connectivity index is 1.97. The summed E-state index contributed by atoms with van der Waals surface area (Å²) in [6, 6.07) is 17.3. The van der Waals surface area contributed by atoms with Crippen molar-refractivity contribution in [3.05, 3.63) is 60.8 Å². The summed E-state index contributed by atoms with van der Waals surface area (Å²) < 4.78 is 0. The third-order valence-electron chi connectivity index (χ3n) is 2.68. The molecule has 2 nitrogen and oxygen atoms in total. The van der Waals surface area contributed by atoms with Crippen LogP contribution in [0, 0.1) is 0 Å². The van der Waals surface area contributed by atoms with E-state index in [-0.39, 0.29) is 0 Å². The molecule has 18 heavy (non-hydrogen) atoms. The molecule has 88 valence electrons. The Labute approximate surface area is 109 Å². The highest BCUT2D eigenvalue weighted by Gasteiger charge is 2.05. The van der Waals surface area contributed by atoms with Crippen molar-refractivity contribution in [2.45, 2.75) is 0 Å². The fourth-order valence-corrected chi connectivity index (χ4v) is 2.75. The molecule has 0 unspecified atom stereocenters. The molecule has 0 fully saturated rings. The zero-order valence-corrected chi connectivity index (χ0v) is 10.4. The maximum atomic E-state index is 9.28. The maximum absolute atomic E-state index is 9.28. The Morgan fingerprint density at radius 2 is 1.61 bits per heavy atom. The van der Waals surface area contributed by atoms with Gasteiger partial charge in [-0.25, -0.2) is 0 Å². The summed E-state index contributed by atoms with van der Waals surface area (Å²) in [6.45, 7) is 0. The summed E-state index contributed by atoms with van der Waals surface area (Å²) >= 11 is 1.70. The van der Waals surface area contributed by atoms with Crippen LogP contribution in [-0.4, -0.2) is 10.1 Å². The van der Waals surface area contributed by atoms with Crippen molar-refractivity contribution < 1.29 is 5.11 Å². The van der Waals surface area contributed by atoms with Crippen LogP contribution in [0.4, 0.5) is 0 Å². The monoisotopic (exact) mass is 253 g/mol. The molecule has 0 aliphatic carbocycles. The van der Waals surface area contributed by atoms with Gasteiger partial charge in [-0.15, -0.1) is 11.3 Å². The van der Waals surface area contributed by atoms with Gasteiger partial charge in [-0.05, 0) is 54.1 Å². The van der Waals surface area contributed by atoms with Gasteiger partial charge in [-0.1, -0.05) is 6.07 Å². The fraction of sp³-hybridized carbons (Fsp3) is 0. The molecule has 3 rings (SSSR count). The number of rotatable bonds is 2. The zero-order valence-electron chi connectivity index (χ0n) is 9.58. The minimum absolute atomic E-state index is 0.292. The van der Waals surface area contributed by atoms with Gasteiger partial charge in [-0.2, -0.15) is 0 Å². The Bertz CT molecular complexity index is 644. The van der Waals surface area contributed by atoms with Gasteiger partial charge < -0.3 is 5.11 Å². The molecule has 0 aliphatic rings. The van der Waals surface area contributed by atoms with Crippen molar-refractivity contribution in [3.8, 4) is 26.8 Å². The van der Waals surface area contributed by atoms with E-state index in [0.29, 0.717) is 5.75 Å². The summed E-state index contributed by atoms with van der Waals surface area (Å²) in [6.07, 6.45) is 1.80. The first-order valence-electron chi connectivity index (χ1n) is 5.63. The van der Waals surface area contributed by atoms with Crippen LogP contribution in [0.2, 0.25) is 0 Å².